The first kappa shape index (κ1) is 25.6. The number of hydrogen-bond acceptors (Lipinski definition) is 8. The summed E-state index contributed by atoms with van der Waals surface area (Å²) in [6, 6.07) is 10.7. The Morgan fingerprint density at radius 1 is 1.10 bits per heavy atom. The number of nitrogens with zero attached hydrogens (tertiary/aromatic N) is 7. The van der Waals surface area contributed by atoms with Crippen molar-refractivity contribution < 1.29 is 4.39 Å². The van der Waals surface area contributed by atoms with E-state index < -0.39 is 17.2 Å². The smallest absolute Gasteiger partial charge is 0.359 e. The van der Waals surface area contributed by atoms with Gasteiger partial charge in [-0.15, -0.1) is 0 Å². The van der Waals surface area contributed by atoms with Gasteiger partial charge < -0.3 is 15.2 Å². The number of rotatable bonds is 6. The number of pyridine rings is 1. The van der Waals surface area contributed by atoms with Crippen LogP contribution in [0, 0.1) is 24.1 Å². The fourth-order valence-corrected chi connectivity index (χ4v) is 4.41. The van der Waals surface area contributed by atoms with Crippen LogP contribution in [0.5, 0.6) is 0 Å². The molecule has 0 aliphatic heterocycles. The minimum absolute atomic E-state index is 0.0954. The number of aryl methyl sites for hydroxylation is 2. The monoisotopic (exact) mass is 545 g/mol. The molecule has 0 radical (unpaired) electrons. The van der Waals surface area contributed by atoms with Crippen molar-refractivity contribution in [2.45, 2.75) is 13.5 Å². The molecule has 39 heavy (non-hydrogen) atoms. The van der Waals surface area contributed by atoms with Crippen LogP contribution in [0.2, 0.25) is 5.02 Å². The van der Waals surface area contributed by atoms with Gasteiger partial charge >= 0.3 is 11.4 Å². The molecular weight excluding hydrogens is 525 g/mol. The Hall–Kier alpha value is -5.02. The maximum absolute atomic E-state index is 14.0. The molecule has 5 rings (SSSR count). The third-order valence-corrected chi connectivity index (χ3v) is 6.43. The molecule has 11 nitrogen and oxygen atoms in total. The number of nitriles is 1. The van der Waals surface area contributed by atoms with E-state index in [-0.39, 0.29) is 28.8 Å². The molecule has 0 aliphatic rings. The van der Waals surface area contributed by atoms with Crippen LogP contribution in [0.1, 0.15) is 16.7 Å². The number of benzene rings is 2. The summed E-state index contributed by atoms with van der Waals surface area (Å²) < 4.78 is 17.9. The van der Waals surface area contributed by atoms with Crippen molar-refractivity contribution in [1.29, 1.82) is 5.26 Å². The van der Waals surface area contributed by atoms with Crippen LogP contribution < -0.4 is 22.0 Å². The van der Waals surface area contributed by atoms with Gasteiger partial charge in [-0.1, -0.05) is 17.7 Å². The molecule has 196 valence electrons. The largest absolute Gasteiger partial charge is 0.359 e. The van der Waals surface area contributed by atoms with Crippen molar-refractivity contribution in [3.8, 4) is 11.8 Å². The lowest BCUT2D eigenvalue weighted by atomic mass is 10.1. The van der Waals surface area contributed by atoms with E-state index in [4.69, 9.17) is 11.6 Å². The standard InChI is InChI=1S/C26H21ClFN9O2/c1-14-6-17(12-31-11-14)37-25(38)34-24(36(26(37)39)13-15-4-5-19(28)16(7-15)10-29)32-20-9-22-21(8-18(20)27)33-23(30-2)35(22)3/h4-9,11-12H,13H2,1-3H3,(H,30,33)(H,32,34,38). The van der Waals surface area contributed by atoms with E-state index in [1.165, 1.54) is 22.9 Å². The minimum atomic E-state index is -0.835. The molecule has 3 heterocycles. The zero-order chi connectivity index (χ0) is 27.8. The Labute approximate surface area is 225 Å². The molecule has 0 unspecified atom stereocenters. The second-order valence-electron chi connectivity index (χ2n) is 8.76. The summed E-state index contributed by atoms with van der Waals surface area (Å²) in [5, 5.41) is 15.6. The molecule has 0 amide bonds. The fourth-order valence-electron chi connectivity index (χ4n) is 4.21. The number of aromatic nitrogens is 6. The van der Waals surface area contributed by atoms with Gasteiger partial charge in [-0.3, -0.25) is 9.55 Å². The van der Waals surface area contributed by atoms with Crippen LogP contribution in [0.3, 0.4) is 0 Å². The zero-order valence-electron chi connectivity index (χ0n) is 21.0. The number of anilines is 3. The number of imidazole rings is 1. The molecule has 0 bridgehead atoms. The molecule has 0 fully saturated rings. The maximum Gasteiger partial charge on any atom is 0.359 e. The molecule has 0 saturated heterocycles. The maximum atomic E-state index is 14.0. The summed E-state index contributed by atoms with van der Waals surface area (Å²) in [5.41, 5.74) is 1.44. The van der Waals surface area contributed by atoms with E-state index in [9.17, 15) is 19.2 Å². The van der Waals surface area contributed by atoms with Crippen molar-refractivity contribution in [2.24, 2.45) is 7.05 Å². The molecule has 2 N–H and O–H groups in total. The molecule has 3 aromatic heterocycles. The lowest BCUT2D eigenvalue weighted by molar-refractivity contribution is 0.620. The van der Waals surface area contributed by atoms with Crippen molar-refractivity contribution in [1.82, 2.24) is 28.7 Å². The molecule has 0 aliphatic carbocycles. The van der Waals surface area contributed by atoms with Crippen LogP contribution in [0.4, 0.5) is 22.0 Å². The van der Waals surface area contributed by atoms with Gasteiger partial charge in [0.05, 0.1) is 45.7 Å². The van der Waals surface area contributed by atoms with Crippen molar-refractivity contribution in [3.63, 3.8) is 0 Å². The predicted molar refractivity (Wildman–Crippen MR) is 145 cm³/mol. The van der Waals surface area contributed by atoms with Gasteiger partial charge in [-0.05, 0) is 48.4 Å². The van der Waals surface area contributed by atoms with Gasteiger partial charge in [0.1, 0.15) is 11.9 Å². The highest BCUT2D eigenvalue weighted by Gasteiger charge is 2.18. The highest BCUT2D eigenvalue weighted by atomic mass is 35.5. The zero-order valence-corrected chi connectivity index (χ0v) is 21.8. The lowest BCUT2D eigenvalue weighted by Crippen LogP contribution is -2.41. The second-order valence-corrected chi connectivity index (χ2v) is 9.17. The summed E-state index contributed by atoms with van der Waals surface area (Å²) >= 11 is 6.53. The SMILES string of the molecule is CNc1nc2cc(Cl)c(Nc3nc(=O)n(-c4cncc(C)c4)c(=O)n3Cc3ccc(F)c(C#N)c3)cc2n1C. The summed E-state index contributed by atoms with van der Waals surface area (Å²) in [5.74, 6) is -0.160. The molecule has 5 aromatic rings. The molecule has 0 saturated carbocycles. The van der Waals surface area contributed by atoms with Crippen molar-refractivity contribution in [3.05, 3.63) is 97.3 Å². The minimum Gasteiger partial charge on any atom is -0.359 e. The predicted octanol–water partition coefficient (Wildman–Crippen LogP) is 3.48. The van der Waals surface area contributed by atoms with E-state index in [0.717, 1.165) is 21.7 Å². The molecule has 0 atom stereocenters. The van der Waals surface area contributed by atoms with Gasteiger partial charge in [-0.25, -0.2) is 23.5 Å². The number of hydrogen-bond donors (Lipinski definition) is 2. The number of halogens is 2. The summed E-state index contributed by atoms with van der Waals surface area (Å²) in [6.45, 7) is 1.65. The summed E-state index contributed by atoms with van der Waals surface area (Å²) in [4.78, 5) is 39.6. The number of fused-ring (bicyclic) bond motifs is 1. The third-order valence-electron chi connectivity index (χ3n) is 6.12. The molecule has 2 aromatic carbocycles. The van der Waals surface area contributed by atoms with Gasteiger partial charge in [-0.2, -0.15) is 10.2 Å². The topological polar surface area (TPSA) is 135 Å². The van der Waals surface area contributed by atoms with Crippen LogP contribution >= 0.6 is 11.6 Å². The average Bonchev–Trinajstić information content (AvgIpc) is 3.21. The van der Waals surface area contributed by atoms with E-state index in [2.05, 4.69) is 25.6 Å². The Morgan fingerprint density at radius 3 is 2.62 bits per heavy atom. The normalized spacial score (nSPS) is 11.0. The Kier molecular flexibility index (Phi) is 6.59. The van der Waals surface area contributed by atoms with Gasteiger partial charge in [0.25, 0.3) is 0 Å². The van der Waals surface area contributed by atoms with E-state index in [1.54, 1.807) is 44.4 Å². The first-order chi connectivity index (χ1) is 18.7. The van der Waals surface area contributed by atoms with Crippen LogP contribution in [0.25, 0.3) is 16.7 Å². The first-order valence-corrected chi connectivity index (χ1v) is 12.0. The van der Waals surface area contributed by atoms with Gasteiger partial charge in [0.15, 0.2) is 0 Å². The van der Waals surface area contributed by atoms with E-state index in [1.807, 2.05) is 11.6 Å². The highest BCUT2D eigenvalue weighted by Crippen LogP contribution is 2.31. The summed E-state index contributed by atoms with van der Waals surface area (Å²) in [7, 11) is 3.57. The van der Waals surface area contributed by atoms with E-state index in [0.29, 0.717) is 22.7 Å². The first-order valence-electron chi connectivity index (χ1n) is 11.7. The van der Waals surface area contributed by atoms with Gasteiger partial charge in [0, 0.05) is 20.3 Å². The van der Waals surface area contributed by atoms with Crippen LogP contribution in [-0.2, 0) is 13.6 Å². The quantitative estimate of drug-likeness (QED) is 0.331. The van der Waals surface area contributed by atoms with Gasteiger partial charge in [0.2, 0.25) is 11.9 Å². The molecule has 13 heteroatoms. The Morgan fingerprint density at radius 2 is 1.90 bits per heavy atom. The van der Waals surface area contributed by atoms with Crippen molar-refractivity contribution in [2.75, 3.05) is 17.7 Å². The summed E-state index contributed by atoms with van der Waals surface area (Å²) in [6.07, 6.45) is 2.97. The Balaban J connectivity index is 1.69. The van der Waals surface area contributed by atoms with Crippen molar-refractivity contribution >= 4 is 40.2 Å². The highest BCUT2D eigenvalue weighted by molar-refractivity contribution is 6.34. The second kappa shape index (κ2) is 10.0. The lowest BCUT2D eigenvalue weighted by Gasteiger charge is -2.16. The molecule has 0 spiro atoms. The number of nitrogens with one attached hydrogen (secondary N) is 2. The Bertz CT molecular complexity index is 1920. The molecular formula is C26H21ClFN9O2. The van der Waals surface area contributed by atoms with E-state index >= 15 is 0 Å². The average molecular weight is 546 g/mol. The fraction of sp³-hybridized carbons (Fsp3) is 0.154. The third kappa shape index (κ3) is 4.71. The van der Waals surface area contributed by atoms with Crippen LogP contribution in [0.15, 0.2) is 58.4 Å². The van der Waals surface area contributed by atoms with Crippen LogP contribution in [-0.4, -0.2) is 35.7 Å².